The van der Waals surface area contributed by atoms with Crippen LogP contribution in [0.25, 0.3) is 16.9 Å². The maximum atomic E-state index is 13.5. The Labute approximate surface area is 194 Å². The molecule has 1 atom stereocenters. The molecule has 6 nitrogen and oxygen atoms in total. The summed E-state index contributed by atoms with van der Waals surface area (Å²) in [5, 5.41) is 7.69. The summed E-state index contributed by atoms with van der Waals surface area (Å²) in [5.74, 6) is 0.218. The molecule has 1 amide bonds. The number of piperidine rings is 1. The standard InChI is InChI=1S/C26H31FN4O2/c1-19-6-3-4-16-30(19)17-5-15-28-26(32)25-18-24(20-7-13-23(33-2)14-8-20)29-31(25)22-11-9-21(27)10-12-22/h7-14,18-19H,3-6,15-17H2,1-2H3,(H,28,32). The van der Waals surface area contributed by atoms with Crippen molar-refractivity contribution in [2.45, 2.75) is 38.6 Å². The number of methoxy groups -OCH3 is 1. The first-order valence-corrected chi connectivity index (χ1v) is 11.6. The number of halogens is 1. The molecule has 1 aromatic heterocycles. The van der Waals surface area contributed by atoms with E-state index < -0.39 is 0 Å². The van der Waals surface area contributed by atoms with Gasteiger partial charge in [0.05, 0.1) is 18.5 Å². The SMILES string of the molecule is COc1ccc(-c2cc(C(=O)NCCCN3CCCCC3C)n(-c3ccc(F)cc3)n2)cc1. The Morgan fingerprint density at radius 1 is 1.15 bits per heavy atom. The molecule has 2 aromatic carbocycles. The molecule has 3 aromatic rings. The van der Waals surface area contributed by atoms with Crippen LogP contribution in [-0.4, -0.2) is 53.4 Å². The second kappa shape index (κ2) is 10.6. The highest BCUT2D eigenvalue weighted by Gasteiger charge is 2.19. The van der Waals surface area contributed by atoms with E-state index in [0.717, 1.165) is 30.8 Å². The van der Waals surface area contributed by atoms with E-state index in [1.807, 2.05) is 24.3 Å². The molecule has 1 N–H and O–H groups in total. The van der Waals surface area contributed by atoms with Gasteiger partial charge in [0.25, 0.3) is 5.91 Å². The van der Waals surface area contributed by atoms with Gasteiger partial charge >= 0.3 is 0 Å². The number of ether oxygens (including phenoxy) is 1. The number of likely N-dealkylation sites (tertiary alicyclic amines) is 1. The van der Waals surface area contributed by atoms with Gasteiger partial charge < -0.3 is 15.0 Å². The molecule has 174 valence electrons. The van der Waals surface area contributed by atoms with Crippen molar-refractivity contribution in [2.75, 3.05) is 26.7 Å². The van der Waals surface area contributed by atoms with Crippen LogP contribution in [0.5, 0.6) is 5.75 Å². The number of nitrogens with zero attached hydrogens (tertiary/aromatic N) is 3. The zero-order valence-electron chi connectivity index (χ0n) is 19.3. The van der Waals surface area contributed by atoms with E-state index in [1.54, 1.807) is 30.0 Å². The molecule has 1 aliphatic heterocycles. The van der Waals surface area contributed by atoms with E-state index in [4.69, 9.17) is 4.74 Å². The van der Waals surface area contributed by atoms with Crippen LogP contribution in [0.4, 0.5) is 4.39 Å². The Morgan fingerprint density at radius 3 is 2.61 bits per heavy atom. The van der Waals surface area contributed by atoms with Crippen molar-refractivity contribution in [1.29, 1.82) is 0 Å². The Kier molecular flexibility index (Phi) is 7.40. The Balaban J connectivity index is 1.50. The topological polar surface area (TPSA) is 59.4 Å². The van der Waals surface area contributed by atoms with Crippen LogP contribution in [0.1, 0.15) is 43.1 Å². The zero-order valence-corrected chi connectivity index (χ0v) is 19.3. The summed E-state index contributed by atoms with van der Waals surface area (Å²) in [5.41, 5.74) is 2.57. The van der Waals surface area contributed by atoms with Gasteiger partial charge in [-0.2, -0.15) is 5.10 Å². The van der Waals surface area contributed by atoms with E-state index in [0.29, 0.717) is 29.7 Å². The highest BCUT2D eigenvalue weighted by Crippen LogP contribution is 2.24. The van der Waals surface area contributed by atoms with Crippen LogP contribution in [0, 0.1) is 5.82 Å². The molecule has 1 fully saturated rings. The Bertz CT molecular complexity index is 1060. The van der Waals surface area contributed by atoms with E-state index in [1.165, 1.54) is 31.4 Å². The number of benzene rings is 2. The van der Waals surface area contributed by atoms with E-state index in [2.05, 4.69) is 22.2 Å². The summed E-state index contributed by atoms with van der Waals surface area (Å²) in [7, 11) is 1.62. The zero-order chi connectivity index (χ0) is 23.2. The second-order valence-corrected chi connectivity index (χ2v) is 8.52. The second-order valence-electron chi connectivity index (χ2n) is 8.52. The lowest BCUT2D eigenvalue weighted by atomic mass is 10.0. The molecule has 7 heteroatoms. The molecule has 0 bridgehead atoms. The van der Waals surface area contributed by atoms with Crippen LogP contribution >= 0.6 is 0 Å². The summed E-state index contributed by atoms with van der Waals surface area (Å²) in [6, 6.07) is 15.9. The lowest BCUT2D eigenvalue weighted by Crippen LogP contribution is -2.39. The smallest absolute Gasteiger partial charge is 0.270 e. The van der Waals surface area contributed by atoms with Crippen molar-refractivity contribution < 1.29 is 13.9 Å². The fraction of sp³-hybridized carbons (Fsp3) is 0.385. The molecule has 4 rings (SSSR count). The average molecular weight is 451 g/mol. The van der Waals surface area contributed by atoms with Crippen LogP contribution < -0.4 is 10.1 Å². The van der Waals surface area contributed by atoms with Crippen LogP contribution in [0.15, 0.2) is 54.6 Å². The third kappa shape index (κ3) is 5.60. The van der Waals surface area contributed by atoms with E-state index in [-0.39, 0.29) is 11.7 Å². The third-order valence-corrected chi connectivity index (χ3v) is 6.25. The van der Waals surface area contributed by atoms with E-state index >= 15 is 0 Å². The predicted molar refractivity (Wildman–Crippen MR) is 127 cm³/mol. The first kappa shape index (κ1) is 23.0. The van der Waals surface area contributed by atoms with Gasteiger partial charge in [0, 0.05) is 24.7 Å². The van der Waals surface area contributed by atoms with Crippen molar-refractivity contribution in [3.8, 4) is 22.7 Å². The van der Waals surface area contributed by atoms with Crippen molar-refractivity contribution in [2.24, 2.45) is 0 Å². The number of hydrogen-bond donors (Lipinski definition) is 1. The summed E-state index contributed by atoms with van der Waals surface area (Å²) in [6.45, 7) is 4.99. The molecule has 1 aliphatic rings. The normalized spacial score (nSPS) is 16.5. The minimum atomic E-state index is -0.334. The summed E-state index contributed by atoms with van der Waals surface area (Å²) < 4.78 is 20.3. The summed E-state index contributed by atoms with van der Waals surface area (Å²) >= 11 is 0. The van der Waals surface area contributed by atoms with E-state index in [9.17, 15) is 9.18 Å². The van der Waals surface area contributed by atoms with Crippen LogP contribution in [-0.2, 0) is 0 Å². The molecule has 1 saturated heterocycles. The molecule has 1 unspecified atom stereocenters. The lowest BCUT2D eigenvalue weighted by Gasteiger charge is -2.33. The highest BCUT2D eigenvalue weighted by atomic mass is 19.1. The number of amides is 1. The van der Waals surface area contributed by atoms with Gasteiger partial charge in [0.2, 0.25) is 0 Å². The Hall–Kier alpha value is -3.19. The first-order valence-electron chi connectivity index (χ1n) is 11.6. The van der Waals surface area contributed by atoms with Crippen molar-refractivity contribution in [3.05, 3.63) is 66.1 Å². The molecule has 33 heavy (non-hydrogen) atoms. The third-order valence-electron chi connectivity index (χ3n) is 6.25. The van der Waals surface area contributed by atoms with Crippen LogP contribution in [0.2, 0.25) is 0 Å². The molecular weight excluding hydrogens is 419 g/mol. The number of nitrogens with one attached hydrogen (secondary N) is 1. The quantitative estimate of drug-likeness (QED) is 0.506. The first-order chi connectivity index (χ1) is 16.0. The largest absolute Gasteiger partial charge is 0.497 e. The van der Waals surface area contributed by atoms with Crippen LogP contribution in [0.3, 0.4) is 0 Å². The van der Waals surface area contributed by atoms with Crippen molar-refractivity contribution >= 4 is 5.91 Å². The fourth-order valence-corrected chi connectivity index (χ4v) is 4.29. The number of aromatic nitrogens is 2. The maximum absolute atomic E-state index is 13.5. The average Bonchev–Trinajstić information content (AvgIpc) is 3.29. The van der Waals surface area contributed by atoms with Gasteiger partial charge in [-0.3, -0.25) is 4.79 Å². The van der Waals surface area contributed by atoms with Gasteiger partial charge in [0.15, 0.2) is 0 Å². The van der Waals surface area contributed by atoms with Gasteiger partial charge in [-0.15, -0.1) is 0 Å². The summed E-state index contributed by atoms with van der Waals surface area (Å²) in [4.78, 5) is 15.6. The molecule has 0 spiro atoms. The van der Waals surface area contributed by atoms with Crippen molar-refractivity contribution in [1.82, 2.24) is 20.0 Å². The van der Waals surface area contributed by atoms with Gasteiger partial charge in [-0.05, 0) is 87.3 Å². The summed E-state index contributed by atoms with van der Waals surface area (Å²) in [6.07, 6.45) is 4.70. The molecule has 0 aliphatic carbocycles. The number of hydrogen-bond acceptors (Lipinski definition) is 4. The molecule has 0 radical (unpaired) electrons. The molecular formula is C26H31FN4O2. The molecule has 2 heterocycles. The van der Waals surface area contributed by atoms with Crippen molar-refractivity contribution in [3.63, 3.8) is 0 Å². The number of carbonyl (C=O) groups excluding carboxylic acids is 1. The van der Waals surface area contributed by atoms with Gasteiger partial charge in [0.1, 0.15) is 17.3 Å². The molecule has 0 saturated carbocycles. The number of rotatable bonds is 8. The number of carbonyl (C=O) groups is 1. The fourth-order valence-electron chi connectivity index (χ4n) is 4.29. The highest BCUT2D eigenvalue weighted by molar-refractivity contribution is 5.94. The van der Waals surface area contributed by atoms with Gasteiger partial charge in [-0.25, -0.2) is 9.07 Å². The maximum Gasteiger partial charge on any atom is 0.270 e. The minimum Gasteiger partial charge on any atom is -0.497 e. The predicted octanol–water partition coefficient (Wildman–Crippen LogP) is 4.68. The Morgan fingerprint density at radius 2 is 1.91 bits per heavy atom. The monoisotopic (exact) mass is 450 g/mol. The lowest BCUT2D eigenvalue weighted by molar-refractivity contribution is 0.0941. The van der Waals surface area contributed by atoms with Gasteiger partial charge in [-0.1, -0.05) is 6.42 Å². The minimum absolute atomic E-state index is 0.196.